The van der Waals surface area contributed by atoms with Crippen molar-refractivity contribution in [1.29, 1.82) is 0 Å². The van der Waals surface area contributed by atoms with Crippen molar-refractivity contribution in [2.24, 2.45) is 0 Å². The van der Waals surface area contributed by atoms with Crippen LogP contribution in [-0.2, 0) is 12.6 Å². The minimum atomic E-state index is -4.55. The molecule has 3 aromatic heterocycles. The van der Waals surface area contributed by atoms with Gasteiger partial charge in [0.2, 0.25) is 0 Å². The molecule has 0 bridgehead atoms. The van der Waals surface area contributed by atoms with Gasteiger partial charge in [-0.05, 0) is 37.3 Å². The largest absolute Gasteiger partial charge is 0.433 e. The fourth-order valence-electron chi connectivity index (χ4n) is 3.80. The van der Waals surface area contributed by atoms with Gasteiger partial charge in [-0.2, -0.15) is 23.4 Å². The number of aromatic nitrogens is 5. The average molecular weight is 420 g/mol. The monoisotopic (exact) mass is 420 g/mol. The number of nitrogens with one attached hydrogen (secondary N) is 1. The van der Waals surface area contributed by atoms with Crippen LogP contribution in [0.15, 0.2) is 18.2 Å². The number of nitrogens with zero attached hydrogens (tertiary/aromatic N) is 5. The summed E-state index contributed by atoms with van der Waals surface area (Å²) in [5.74, 6) is -0.0533. The summed E-state index contributed by atoms with van der Waals surface area (Å²) in [6.07, 6.45) is -2.81. The van der Waals surface area contributed by atoms with Crippen LogP contribution in [0.3, 0.4) is 0 Å². The van der Waals surface area contributed by atoms with Crippen molar-refractivity contribution < 1.29 is 18.0 Å². The SMILES string of the molecule is CCc1cc(C(F)(F)F)n2nc([C@H]3CCCN3C(=O)c3cc(C(C)C)[nH]n3)cc2n1. The minimum absolute atomic E-state index is 0.137. The van der Waals surface area contributed by atoms with Crippen LogP contribution in [0.5, 0.6) is 0 Å². The zero-order valence-corrected chi connectivity index (χ0v) is 17.0. The highest BCUT2D eigenvalue weighted by Crippen LogP contribution is 2.35. The Morgan fingerprint density at radius 1 is 1.30 bits per heavy atom. The van der Waals surface area contributed by atoms with E-state index in [4.69, 9.17) is 0 Å². The highest BCUT2D eigenvalue weighted by molar-refractivity contribution is 5.93. The maximum absolute atomic E-state index is 13.5. The van der Waals surface area contributed by atoms with E-state index in [2.05, 4.69) is 20.3 Å². The van der Waals surface area contributed by atoms with E-state index in [1.54, 1.807) is 24.0 Å². The van der Waals surface area contributed by atoms with E-state index in [0.717, 1.165) is 22.7 Å². The van der Waals surface area contributed by atoms with Gasteiger partial charge < -0.3 is 4.90 Å². The van der Waals surface area contributed by atoms with Crippen LogP contribution in [0.4, 0.5) is 13.2 Å². The van der Waals surface area contributed by atoms with Crippen LogP contribution in [0.25, 0.3) is 5.65 Å². The van der Waals surface area contributed by atoms with Crippen molar-refractivity contribution in [3.8, 4) is 0 Å². The Morgan fingerprint density at radius 2 is 2.07 bits per heavy atom. The molecule has 1 fully saturated rings. The Balaban J connectivity index is 1.71. The number of amides is 1. The number of hydrogen-bond acceptors (Lipinski definition) is 4. The molecular weight excluding hydrogens is 397 g/mol. The molecule has 4 heterocycles. The van der Waals surface area contributed by atoms with Gasteiger partial charge in [0.05, 0.1) is 11.7 Å². The third-order valence-corrected chi connectivity index (χ3v) is 5.45. The third kappa shape index (κ3) is 3.54. The molecule has 1 N–H and O–H groups in total. The van der Waals surface area contributed by atoms with Gasteiger partial charge in [0, 0.05) is 24.0 Å². The molecule has 0 aromatic carbocycles. The highest BCUT2D eigenvalue weighted by atomic mass is 19.4. The number of alkyl halides is 3. The van der Waals surface area contributed by atoms with Gasteiger partial charge >= 0.3 is 6.18 Å². The molecule has 3 aromatic rings. The zero-order chi connectivity index (χ0) is 21.6. The number of H-pyrrole nitrogens is 1. The normalized spacial score (nSPS) is 17.4. The topological polar surface area (TPSA) is 79.2 Å². The Morgan fingerprint density at radius 3 is 2.70 bits per heavy atom. The first-order valence-corrected chi connectivity index (χ1v) is 10.0. The summed E-state index contributed by atoms with van der Waals surface area (Å²) in [4.78, 5) is 18.9. The van der Waals surface area contributed by atoms with Crippen LogP contribution in [-0.4, -0.2) is 42.1 Å². The molecule has 30 heavy (non-hydrogen) atoms. The Labute approximate surface area is 171 Å². The quantitative estimate of drug-likeness (QED) is 0.688. The number of aromatic amines is 1. The Hall–Kier alpha value is -2.91. The van der Waals surface area contributed by atoms with Crippen molar-refractivity contribution in [1.82, 2.24) is 29.7 Å². The molecular formula is C20H23F3N6O. The van der Waals surface area contributed by atoms with E-state index in [1.807, 2.05) is 13.8 Å². The number of hydrogen-bond donors (Lipinski definition) is 1. The Bertz CT molecular complexity index is 1080. The summed E-state index contributed by atoms with van der Waals surface area (Å²) in [6, 6.07) is 3.89. The number of fused-ring (bicyclic) bond motifs is 1. The zero-order valence-electron chi connectivity index (χ0n) is 17.0. The van der Waals surface area contributed by atoms with Gasteiger partial charge in [0.25, 0.3) is 5.91 Å². The number of likely N-dealkylation sites (tertiary alicyclic amines) is 1. The molecule has 1 aliphatic heterocycles. The van der Waals surface area contributed by atoms with E-state index in [1.165, 1.54) is 0 Å². The average Bonchev–Trinajstić information content (AvgIpc) is 3.43. The molecule has 0 radical (unpaired) electrons. The summed E-state index contributed by atoms with van der Waals surface area (Å²) in [7, 11) is 0. The van der Waals surface area contributed by atoms with Gasteiger partial charge in [-0.1, -0.05) is 20.8 Å². The number of rotatable bonds is 4. The molecule has 4 rings (SSSR count). The van der Waals surface area contributed by atoms with Crippen molar-refractivity contribution in [2.45, 2.75) is 58.2 Å². The van der Waals surface area contributed by atoms with Crippen molar-refractivity contribution >= 4 is 11.6 Å². The predicted molar refractivity (Wildman–Crippen MR) is 103 cm³/mol. The summed E-state index contributed by atoms with van der Waals surface area (Å²) >= 11 is 0. The van der Waals surface area contributed by atoms with Gasteiger partial charge in [-0.25, -0.2) is 9.50 Å². The molecule has 0 aliphatic carbocycles. The summed E-state index contributed by atoms with van der Waals surface area (Å²) in [6.45, 7) is 6.24. The first-order valence-electron chi connectivity index (χ1n) is 10.0. The lowest BCUT2D eigenvalue weighted by atomic mass is 10.1. The Kier molecular flexibility index (Phi) is 5.03. The second-order valence-corrected chi connectivity index (χ2v) is 7.84. The molecule has 7 nitrogen and oxygen atoms in total. The lowest BCUT2D eigenvalue weighted by Crippen LogP contribution is -2.31. The first kappa shape index (κ1) is 20.4. The molecule has 0 unspecified atom stereocenters. The smallest absolute Gasteiger partial charge is 0.329 e. The number of halogens is 3. The number of carbonyl (C=O) groups is 1. The molecule has 1 atom stereocenters. The van der Waals surface area contributed by atoms with E-state index in [0.29, 0.717) is 36.5 Å². The third-order valence-electron chi connectivity index (χ3n) is 5.45. The maximum Gasteiger partial charge on any atom is 0.433 e. The summed E-state index contributed by atoms with van der Waals surface area (Å²) < 4.78 is 41.5. The van der Waals surface area contributed by atoms with E-state index in [-0.39, 0.29) is 17.5 Å². The highest BCUT2D eigenvalue weighted by Gasteiger charge is 2.37. The second-order valence-electron chi connectivity index (χ2n) is 7.84. The van der Waals surface area contributed by atoms with Crippen LogP contribution in [0, 0.1) is 0 Å². The first-order chi connectivity index (χ1) is 14.2. The summed E-state index contributed by atoms with van der Waals surface area (Å²) in [5.41, 5.74) is 1.19. The molecule has 1 aliphatic rings. The fourth-order valence-corrected chi connectivity index (χ4v) is 3.80. The van der Waals surface area contributed by atoms with Crippen molar-refractivity contribution in [3.05, 3.63) is 46.7 Å². The molecule has 160 valence electrons. The molecule has 0 saturated carbocycles. The van der Waals surface area contributed by atoms with Crippen LogP contribution in [0.2, 0.25) is 0 Å². The standard InChI is InChI=1S/C20H23F3N6O/c1-4-12-8-17(20(21,22)23)29-18(24-12)10-14(27-29)16-6-5-7-28(16)19(30)15-9-13(11(2)3)25-26-15/h8-11,16H,4-7H2,1-3H3,(H,25,26)/t16-/m1/s1. The van der Waals surface area contributed by atoms with Crippen LogP contribution in [0.1, 0.15) is 78.8 Å². The molecule has 10 heteroatoms. The molecule has 1 saturated heterocycles. The van der Waals surface area contributed by atoms with Crippen LogP contribution < -0.4 is 0 Å². The van der Waals surface area contributed by atoms with Crippen molar-refractivity contribution in [3.63, 3.8) is 0 Å². The lowest BCUT2D eigenvalue weighted by molar-refractivity contribution is -0.142. The molecule has 0 spiro atoms. The minimum Gasteiger partial charge on any atom is -0.329 e. The van der Waals surface area contributed by atoms with Crippen LogP contribution >= 0.6 is 0 Å². The lowest BCUT2D eigenvalue weighted by Gasteiger charge is -2.22. The van der Waals surface area contributed by atoms with Gasteiger partial charge in [0.15, 0.2) is 5.65 Å². The number of carbonyl (C=O) groups excluding carboxylic acids is 1. The van der Waals surface area contributed by atoms with Gasteiger partial charge in [0.1, 0.15) is 11.4 Å². The second kappa shape index (κ2) is 7.41. The predicted octanol–water partition coefficient (Wildman–Crippen LogP) is 4.13. The van der Waals surface area contributed by atoms with E-state index in [9.17, 15) is 18.0 Å². The number of aryl methyl sites for hydroxylation is 1. The fraction of sp³-hybridized carbons (Fsp3) is 0.500. The maximum atomic E-state index is 13.5. The van der Waals surface area contributed by atoms with Gasteiger partial charge in [-0.15, -0.1) is 0 Å². The summed E-state index contributed by atoms with van der Waals surface area (Å²) in [5, 5.41) is 11.2. The van der Waals surface area contributed by atoms with E-state index >= 15 is 0 Å². The van der Waals surface area contributed by atoms with Crippen molar-refractivity contribution in [2.75, 3.05) is 6.54 Å². The van der Waals surface area contributed by atoms with E-state index < -0.39 is 17.9 Å². The van der Waals surface area contributed by atoms with Gasteiger partial charge in [-0.3, -0.25) is 9.89 Å². The molecule has 1 amide bonds.